The van der Waals surface area contributed by atoms with Crippen LogP contribution in [0.25, 0.3) is 11.2 Å². The average molecular weight is 246 g/mol. The van der Waals surface area contributed by atoms with E-state index in [9.17, 15) is 4.79 Å². The van der Waals surface area contributed by atoms with Gasteiger partial charge in [-0.2, -0.15) is 0 Å². The maximum atomic E-state index is 11.4. The highest BCUT2D eigenvalue weighted by Gasteiger charge is 2.05. The number of carbonyl (C=O) groups is 1. The molecule has 2 heterocycles. The Balaban J connectivity index is 1.88. The first-order valence-corrected chi connectivity index (χ1v) is 5.57. The lowest BCUT2D eigenvalue weighted by molar-refractivity contribution is -0.120. The molecule has 0 atom stereocenters. The van der Waals surface area contributed by atoms with Gasteiger partial charge < -0.3 is 15.6 Å². The summed E-state index contributed by atoms with van der Waals surface area (Å²) in [6, 6.07) is 0. The van der Waals surface area contributed by atoms with Crippen molar-refractivity contribution in [2.45, 2.75) is 6.42 Å². The molecule has 2 aromatic rings. The molecule has 0 saturated carbocycles. The minimum Gasteiger partial charge on any atom is -0.368 e. The molecule has 0 radical (unpaired) electrons. The number of aromatic nitrogens is 4. The molecule has 2 aromatic heterocycles. The van der Waals surface area contributed by atoms with E-state index in [1.54, 1.807) is 12.4 Å². The van der Waals surface area contributed by atoms with E-state index >= 15 is 0 Å². The quantitative estimate of drug-likeness (QED) is 0.643. The van der Waals surface area contributed by atoms with Crippen LogP contribution in [0.5, 0.6) is 0 Å². The normalized spacial score (nSPS) is 10.2. The molecular formula is C11H14N6O. The van der Waals surface area contributed by atoms with E-state index in [0.717, 1.165) is 5.52 Å². The average Bonchev–Trinajstić information content (AvgIpc) is 2.85. The van der Waals surface area contributed by atoms with Crippen LogP contribution in [-0.4, -0.2) is 38.9 Å². The van der Waals surface area contributed by atoms with E-state index in [1.807, 2.05) is 0 Å². The maximum absolute atomic E-state index is 11.4. The third kappa shape index (κ3) is 2.82. The molecule has 18 heavy (non-hydrogen) atoms. The maximum Gasteiger partial charge on any atom is 0.222 e. The number of hydrogen-bond donors (Lipinski definition) is 3. The van der Waals surface area contributed by atoms with Crippen molar-refractivity contribution >= 4 is 22.9 Å². The number of amides is 1. The van der Waals surface area contributed by atoms with E-state index in [1.165, 1.54) is 6.33 Å². The SMILES string of the molecule is C=CCNC(=O)CCNc1ncnc2nc[nH]c12. The molecule has 0 saturated heterocycles. The van der Waals surface area contributed by atoms with Crippen molar-refractivity contribution in [3.63, 3.8) is 0 Å². The van der Waals surface area contributed by atoms with Crippen molar-refractivity contribution in [1.82, 2.24) is 25.3 Å². The minimum absolute atomic E-state index is 0.0303. The van der Waals surface area contributed by atoms with Crippen molar-refractivity contribution in [3.8, 4) is 0 Å². The predicted octanol–water partition coefficient (Wildman–Crippen LogP) is 0.457. The van der Waals surface area contributed by atoms with Gasteiger partial charge in [0.1, 0.15) is 11.8 Å². The summed E-state index contributed by atoms with van der Waals surface area (Å²) in [5.74, 6) is 0.617. The summed E-state index contributed by atoms with van der Waals surface area (Å²) in [6.07, 6.45) is 5.00. The second kappa shape index (κ2) is 5.76. The van der Waals surface area contributed by atoms with Crippen LogP contribution < -0.4 is 10.6 Å². The van der Waals surface area contributed by atoms with Crippen LogP contribution in [0.15, 0.2) is 25.3 Å². The Kier molecular flexibility index (Phi) is 3.85. The van der Waals surface area contributed by atoms with Crippen LogP contribution in [0.1, 0.15) is 6.42 Å². The highest BCUT2D eigenvalue weighted by Crippen LogP contribution is 2.13. The first kappa shape index (κ1) is 12.0. The van der Waals surface area contributed by atoms with Gasteiger partial charge in [0.2, 0.25) is 5.91 Å². The first-order chi connectivity index (χ1) is 8.81. The second-order valence-corrected chi connectivity index (χ2v) is 3.59. The number of hydrogen-bond acceptors (Lipinski definition) is 5. The van der Waals surface area contributed by atoms with Crippen molar-refractivity contribution in [3.05, 3.63) is 25.3 Å². The number of fused-ring (bicyclic) bond motifs is 1. The molecule has 2 rings (SSSR count). The van der Waals surface area contributed by atoms with Crippen molar-refractivity contribution in [2.75, 3.05) is 18.4 Å². The first-order valence-electron chi connectivity index (χ1n) is 5.57. The van der Waals surface area contributed by atoms with Gasteiger partial charge in [0.25, 0.3) is 0 Å². The van der Waals surface area contributed by atoms with Gasteiger partial charge in [-0.05, 0) is 0 Å². The lowest BCUT2D eigenvalue weighted by atomic mass is 10.4. The molecular weight excluding hydrogens is 232 g/mol. The molecule has 1 amide bonds. The van der Waals surface area contributed by atoms with Crippen LogP contribution in [-0.2, 0) is 4.79 Å². The van der Waals surface area contributed by atoms with Gasteiger partial charge in [-0.1, -0.05) is 6.08 Å². The Morgan fingerprint density at radius 3 is 3.17 bits per heavy atom. The summed E-state index contributed by atoms with van der Waals surface area (Å²) in [6.45, 7) is 4.51. The summed E-state index contributed by atoms with van der Waals surface area (Å²) in [5, 5.41) is 5.77. The number of carbonyl (C=O) groups excluding carboxylic acids is 1. The smallest absolute Gasteiger partial charge is 0.222 e. The Bertz CT molecular complexity index is 549. The Hall–Kier alpha value is -2.44. The minimum atomic E-state index is -0.0303. The molecule has 0 unspecified atom stereocenters. The third-order valence-electron chi connectivity index (χ3n) is 2.31. The Morgan fingerprint density at radius 1 is 1.44 bits per heavy atom. The number of anilines is 1. The number of imidazole rings is 1. The van der Waals surface area contributed by atoms with Gasteiger partial charge in [0.15, 0.2) is 11.5 Å². The molecule has 0 spiro atoms. The summed E-state index contributed by atoms with van der Waals surface area (Å²) in [5.41, 5.74) is 1.34. The highest BCUT2D eigenvalue weighted by molar-refractivity contribution is 5.82. The zero-order valence-electron chi connectivity index (χ0n) is 9.81. The summed E-state index contributed by atoms with van der Waals surface area (Å²) in [7, 11) is 0. The van der Waals surface area contributed by atoms with Crippen molar-refractivity contribution in [1.29, 1.82) is 0 Å². The zero-order chi connectivity index (χ0) is 12.8. The second-order valence-electron chi connectivity index (χ2n) is 3.59. The van der Waals surface area contributed by atoms with Gasteiger partial charge in [-0.3, -0.25) is 4.79 Å². The van der Waals surface area contributed by atoms with E-state index in [0.29, 0.717) is 31.0 Å². The van der Waals surface area contributed by atoms with E-state index in [2.05, 4.69) is 37.1 Å². The molecule has 0 aliphatic carbocycles. The molecule has 7 heteroatoms. The summed E-state index contributed by atoms with van der Waals surface area (Å²) < 4.78 is 0. The highest BCUT2D eigenvalue weighted by atomic mass is 16.1. The summed E-state index contributed by atoms with van der Waals surface area (Å²) in [4.78, 5) is 26.4. The fourth-order valence-electron chi connectivity index (χ4n) is 1.47. The Morgan fingerprint density at radius 2 is 2.33 bits per heavy atom. The fourth-order valence-corrected chi connectivity index (χ4v) is 1.47. The van der Waals surface area contributed by atoms with Crippen LogP contribution in [0.4, 0.5) is 5.82 Å². The van der Waals surface area contributed by atoms with E-state index in [4.69, 9.17) is 0 Å². The van der Waals surface area contributed by atoms with Gasteiger partial charge >= 0.3 is 0 Å². The summed E-state index contributed by atoms with van der Waals surface area (Å²) >= 11 is 0. The predicted molar refractivity (Wildman–Crippen MR) is 68.0 cm³/mol. The van der Waals surface area contributed by atoms with Crippen molar-refractivity contribution < 1.29 is 4.79 Å². The van der Waals surface area contributed by atoms with Gasteiger partial charge in [-0.15, -0.1) is 6.58 Å². The van der Waals surface area contributed by atoms with Gasteiger partial charge in [-0.25, -0.2) is 15.0 Å². The molecule has 0 aliphatic heterocycles. The molecule has 0 aliphatic rings. The largest absolute Gasteiger partial charge is 0.368 e. The topological polar surface area (TPSA) is 95.6 Å². The lowest BCUT2D eigenvalue weighted by Crippen LogP contribution is -2.25. The molecule has 0 fully saturated rings. The number of H-pyrrole nitrogens is 1. The number of nitrogens with zero attached hydrogens (tertiary/aromatic N) is 3. The van der Waals surface area contributed by atoms with Crippen LogP contribution >= 0.6 is 0 Å². The monoisotopic (exact) mass is 246 g/mol. The molecule has 0 aromatic carbocycles. The molecule has 3 N–H and O–H groups in total. The standard InChI is InChI=1S/C11H14N6O/c1-2-4-12-8(18)3-5-13-10-9-11(15-6-14-9)17-7-16-10/h2,6-7H,1,3-5H2,(H,12,18)(H2,13,14,15,16,17). The Labute approximate surface area is 104 Å². The number of rotatable bonds is 6. The number of aromatic amines is 1. The number of nitrogens with one attached hydrogen (secondary N) is 3. The van der Waals surface area contributed by atoms with Crippen LogP contribution in [0, 0.1) is 0 Å². The third-order valence-corrected chi connectivity index (χ3v) is 2.31. The van der Waals surface area contributed by atoms with Crippen LogP contribution in [0.2, 0.25) is 0 Å². The molecule has 94 valence electrons. The van der Waals surface area contributed by atoms with Crippen LogP contribution in [0.3, 0.4) is 0 Å². The van der Waals surface area contributed by atoms with E-state index < -0.39 is 0 Å². The van der Waals surface area contributed by atoms with Gasteiger partial charge in [0, 0.05) is 19.5 Å². The van der Waals surface area contributed by atoms with E-state index in [-0.39, 0.29) is 5.91 Å². The van der Waals surface area contributed by atoms with Crippen molar-refractivity contribution in [2.24, 2.45) is 0 Å². The molecule has 7 nitrogen and oxygen atoms in total. The zero-order valence-corrected chi connectivity index (χ0v) is 9.81. The fraction of sp³-hybridized carbons (Fsp3) is 0.273. The van der Waals surface area contributed by atoms with Gasteiger partial charge in [0.05, 0.1) is 6.33 Å². The molecule has 0 bridgehead atoms. The lowest BCUT2D eigenvalue weighted by Gasteiger charge is -2.05.